The number of nitrogens with one attached hydrogen (secondary N) is 1. The molecule has 0 aliphatic carbocycles. The number of nitrogens with zero attached hydrogens (tertiary/aromatic N) is 2. The summed E-state index contributed by atoms with van der Waals surface area (Å²) in [5.74, 6) is -0.0433. The van der Waals surface area contributed by atoms with E-state index in [1.165, 1.54) is 16.9 Å². The quantitative estimate of drug-likeness (QED) is 0.630. The SMILES string of the molecule is Cc1nc(N(C)c2ccccc2)sc1C(=O)N[C@H](C)CCc1ccccc1. The molecule has 0 unspecified atom stereocenters. The third kappa shape index (κ3) is 4.95. The van der Waals surface area contributed by atoms with Gasteiger partial charge in [0, 0.05) is 18.8 Å². The molecule has 140 valence electrons. The van der Waals surface area contributed by atoms with Crippen molar-refractivity contribution in [2.24, 2.45) is 0 Å². The number of carbonyl (C=O) groups excluding carboxylic acids is 1. The molecule has 0 bridgehead atoms. The average Bonchev–Trinajstić information content (AvgIpc) is 3.09. The molecule has 4 nitrogen and oxygen atoms in total. The Labute approximate surface area is 164 Å². The molecular weight excluding hydrogens is 354 g/mol. The third-order valence-corrected chi connectivity index (χ3v) is 5.74. The summed E-state index contributed by atoms with van der Waals surface area (Å²) >= 11 is 1.43. The van der Waals surface area contributed by atoms with Gasteiger partial charge in [0.05, 0.1) is 5.69 Å². The fourth-order valence-electron chi connectivity index (χ4n) is 2.89. The van der Waals surface area contributed by atoms with Crippen LogP contribution in [0.1, 0.15) is 34.3 Å². The highest BCUT2D eigenvalue weighted by Crippen LogP contribution is 2.30. The Hall–Kier alpha value is -2.66. The highest BCUT2D eigenvalue weighted by atomic mass is 32.1. The minimum absolute atomic E-state index is 0.0433. The third-order valence-electron chi connectivity index (χ3n) is 4.51. The predicted octanol–water partition coefficient (Wildman–Crippen LogP) is 4.97. The second kappa shape index (κ2) is 8.82. The van der Waals surface area contributed by atoms with Crippen molar-refractivity contribution in [3.63, 3.8) is 0 Å². The smallest absolute Gasteiger partial charge is 0.263 e. The Morgan fingerprint density at radius 3 is 2.41 bits per heavy atom. The van der Waals surface area contributed by atoms with Crippen molar-refractivity contribution in [3.8, 4) is 0 Å². The van der Waals surface area contributed by atoms with Crippen molar-refractivity contribution in [1.29, 1.82) is 0 Å². The maximum absolute atomic E-state index is 12.7. The van der Waals surface area contributed by atoms with Gasteiger partial charge >= 0.3 is 0 Å². The molecule has 0 aliphatic heterocycles. The first-order chi connectivity index (χ1) is 13.0. The molecule has 1 amide bonds. The van der Waals surface area contributed by atoms with E-state index in [-0.39, 0.29) is 11.9 Å². The first kappa shape index (κ1) is 19.1. The minimum atomic E-state index is -0.0433. The first-order valence-corrected chi connectivity index (χ1v) is 9.97. The van der Waals surface area contributed by atoms with Gasteiger partial charge in [-0.3, -0.25) is 4.79 Å². The monoisotopic (exact) mass is 379 g/mol. The highest BCUT2D eigenvalue weighted by Gasteiger charge is 2.19. The van der Waals surface area contributed by atoms with Crippen LogP contribution in [0.5, 0.6) is 0 Å². The van der Waals surface area contributed by atoms with E-state index in [4.69, 9.17) is 0 Å². The lowest BCUT2D eigenvalue weighted by atomic mass is 10.1. The number of rotatable bonds is 7. The number of aromatic nitrogens is 1. The van der Waals surface area contributed by atoms with Crippen LogP contribution in [0.25, 0.3) is 0 Å². The van der Waals surface area contributed by atoms with E-state index < -0.39 is 0 Å². The van der Waals surface area contributed by atoms with E-state index in [0.29, 0.717) is 4.88 Å². The second-order valence-corrected chi connectivity index (χ2v) is 7.68. The Bertz CT molecular complexity index is 877. The molecular formula is C22H25N3OS. The lowest BCUT2D eigenvalue weighted by molar-refractivity contribution is 0.0942. The second-order valence-electron chi connectivity index (χ2n) is 6.70. The molecule has 1 aromatic heterocycles. The summed E-state index contributed by atoms with van der Waals surface area (Å²) in [7, 11) is 1.97. The molecule has 0 saturated heterocycles. The normalized spacial score (nSPS) is 11.8. The molecule has 3 aromatic rings. The number of aryl methyl sites for hydroxylation is 2. The van der Waals surface area contributed by atoms with Gasteiger partial charge < -0.3 is 10.2 Å². The maximum Gasteiger partial charge on any atom is 0.263 e. The van der Waals surface area contributed by atoms with Gasteiger partial charge in [0.25, 0.3) is 5.91 Å². The number of anilines is 2. The van der Waals surface area contributed by atoms with Crippen molar-refractivity contribution < 1.29 is 4.79 Å². The number of carbonyl (C=O) groups is 1. The Morgan fingerprint density at radius 2 is 1.74 bits per heavy atom. The number of amides is 1. The van der Waals surface area contributed by atoms with Crippen LogP contribution < -0.4 is 10.2 Å². The number of hydrogen-bond acceptors (Lipinski definition) is 4. The summed E-state index contributed by atoms with van der Waals surface area (Å²) in [6.07, 6.45) is 1.86. The average molecular weight is 380 g/mol. The fourth-order valence-corrected chi connectivity index (χ4v) is 3.84. The maximum atomic E-state index is 12.7. The molecule has 0 aliphatic rings. The lowest BCUT2D eigenvalue weighted by Crippen LogP contribution is -2.32. The van der Waals surface area contributed by atoms with Crippen LogP contribution in [0.15, 0.2) is 60.7 Å². The molecule has 27 heavy (non-hydrogen) atoms. The summed E-state index contributed by atoms with van der Waals surface area (Å²) in [5.41, 5.74) is 3.11. The van der Waals surface area contributed by atoms with Crippen molar-refractivity contribution in [1.82, 2.24) is 10.3 Å². The Morgan fingerprint density at radius 1 is 1.11 bits per heavy atom. The molecule has 1 heterocycles. The van der Waals surface area contributed by atoms with Gasteiger partial charge in [-0.25, -0.2) is 4.98 Å². The van der Waals surface area contributed by atoms with E-state index in [0.717, 1.165) is 29.4 Å². The van der Waals surface area contributed by atoms with Crippen LogP contribution in [0.2, 0.25) is 0 Å². The van der Waals surface area contributed by atoms with Gasteiger partial charge in [0.2, 0.25) is 0 Å². The zero-order valence-corrected chi connectivity index (χ0v) is 16.8. The van der Waals surface area contributed by atoms with Gasteiger partial charge in [-0.2, -0.15) is 0 Å². The van der Waals surface area contributed by atoms with Crippen LogP contribution in [-0.4, -0.2) is 24.0 Å². The largest absolute Gasteiger partial charge is 0.349 e. The van der Waals surface area contributed by atoms with Crippen LogP contribution in [0, 0.1) is 6.92 Å². The van der Waals surface area contributed by atoms with Crippen LogP contribution >= 0.6 is 11.3 Å². The van der Waals surface area contributed by atoms with Gasteiger partial charge in [-0.05, 0) is 44.4 Å². The van der Waals surface area contributed by atoms with Gasteiger partial charge in [0.1, 0.15) is 4.88 Å². The van der Waals surface area contributed by atoms with E-state index in [1.54, 1.807) is 0 Å². The predicted molar refractivity (Wildman–Crippen MR) is 113 cm³/mol. The molecule has 1 atom stereocenters. The molecule has 0 fully saturated rings. The zero-order chi connectivity index (χ0) is 19.2. The van der Waals surface area contributed by atoms with Crippen molar-refractivity contribution in [2.45, 2.75) is 32.7 Å². The summed E-state index contributed by atoms with van der Waals surface area (Å²) in [5, 5.41) is 3.93. The van der Waals surface area contributed by atoms with Gasteiger partial charge in [-0.1, -0.05) is 59.9 Å². The molecule has 2 aromatic carbocycles. The van der Waals surface area contributed by atoms with Crippen molar-refractivity contribution in [2.75, 3.05) is 11.9 Å². The van der Waals surface area contributed by atoms with Gasteiger partial charge in [0.15, 0.2) is 5.13 Å². The number of benzene rings is 2. The number of hydrogen-bond donors (Lipinski definition) is 1. The van der Waals surface area contributed by atoms with Crippen LogP contribution in [0.4, 0.5) is 10.8 Å². The Balaban J connectivity index is 1.62. The van der Waals surface area contributed by atoms with Crippen LogP contribution in [-0.2, 0) is 6.42 Å². The van der Waals surface area contributed by atoms with E-state index >= 15 is 0 Å². The minimum Gasteiger partial charge on any atom is -0.349 e. The summed E-state index contributed by atoms with van der Waals surface area (Å²) in [4.78, 5) is 20.0. The lowest BCUT2D eigenvalue weighted by Gasteiger charge is -2.15. The molecule has 1 N–H and O–H groups in total. The van der Waals surface area contributed by atoms with Crippen LogP contribution in [0.3, 0.4) is 0 Å². The zero-order valence-electron chi connectivity index (χ0n) is 16.0. The molecule has 0 saturated carbocycles. The number of para-hydroxylation sites is 1. The van der Waals surface area contributed by atoms with E-state index in [9.17, 15) is 4.79 Å². The van der Waals surface area contributed by atoms with Crippen molar-refractivity contribution in [3.05, 3.63) is 76.8 Å². The van der Waals surface area contributed by atoms with Gasteiger partial charge in [-0.15, -0.1) is 0 Å². The molecule has 0 radical (unpaired) electrons. The standard InChI is InChI=1S/C22H25N3OS/c1-16(14-15-18-10-6-4-7-11-18)23-21(26)20-17(2)24-22(27-20)25(3)19-12-8-5-9-13-19/h4-13,16H,14-15H2,1-3H3,(H,23,26)/t16-/m1/s1. The summed E-state index contributed by atoms with van der Waals surface area (Å²) in [6.45, 7) is 3.94. The molecule has 3 rings (SSSR count). The fraction of sp³-hybridized carbons (Fsp3) is 0.273. The Kier molecular flexibility index (Phi) is 6.24. The van der Waals surface area contributed by atoms with Crippen molar-refractivity contribution >= 4 is 28.1 Å². The summed E-state index contributed by atoms with van der Waals surface area (Å²) in [6, 6.07) is 20.5. The number of thiazole rings is 1. The topological polar surface area (TPSA) is 45.2 Å². The summed E-state index contributed by atoms with van der Waals surface area (Å²) < 4.78 is 0. The molecule has 0 spiro atoms. The first-order valence-electron chi connectivity index (χ1n) is 9.15. The highest BCUT2D eigenvalue weighted by molar-refractivity contribution is 7.17. The van der Waals surface area contributed by atoms with E-state index in [1.807, 2.05) is 74.3 Å². The molecule has 5 heteroatoms. The van der Waals surface area contributed by atoms with E-state index in [2.05, 4.69) is 22.4 Å².